The molecule has 4 rings (SSSR count). The first-order chi connectivity index (χ1) is 15.7. The number of benzene rings is 3. The average Bonchev–Trinajstić information content (AvgIpc) is 3.35. The number of carbonyl (C=O) groups is 1. The molecule has 10 heteroatoms. The van der Waals surface area contributed by atoms with Crippen LogP contribution >= 0.6 is 0 Å². The van der Waals surface area contributed by atoms with E-state index in [1.165, 1.54) is 35.6 Å². The molecule has 1 aliphatic heterocycles. The van der Waals surface area contributed by atoms with Crippen LogP contribution in [0.1, 0.15) is 12.8 Å². The summed E-state index contributed by atoms with van der Waals surface area (Å²) in [5.41, 5.74) is 0.598. The molecule has 1 heterocycles. The maximum Gasteiger partial charge on any atom is 0.243 e. The number of likely N-dealkylation sites (N-methyl/N-ethyl adjacent to an activating group) is 1. The highest BCUT2D eigenvalue weighted by Gasteiger charge is 2.28. The highest BCUT2D eigenvalue weighted by Crippen LogP contribution is 2.24. The Hall–Kier alpha value is -2.79. The van der Waals surface area contributed by atoms with Crippen molar-refractivity contribution in [3.63, 3.8) is 0 Å². The minimum Gasteiger partial charge on any atom is -0.324 e. The van der Waals surface area contributed by atoms with Crippen LogP contribution in [0.5, 0.6) is 0 Å². The van der Waals surface area contributed by atoms with Gasteiger partial charge < -0.3 is 5.32 Å². The van der Waals surface area contributed by atoms with Gasteiger partial charge in [-0.1, -0.05) is 36.4 Å². The fourth-order valence-corrected chi connectivity index (χ4v) is 6.50. The van der Waals surface area contributed by atoms with Crippen molar-refractivity contribution in [2.75, 3.05) is 32.0 Å². The van der Waals surface area contributed by atoms with Crippen LogP contribution in [0.2, 0.25) is 0 Å². The molecule has 3 aromatic carbocycles. The second-order valence-corrected chi connectivity index (χ2v) is 11.9. The lowest BCUT2D eigenvalue weighted by Gasteiger charge is -2.18. The van der Waals surface area contributed by atoms with Crippen molar-refractivity contribution in [3.8, 4) is 0 Å². The van der Waals surface area contributed by atoms with Crippen LogP contribution in [0.15, 0.2) is 76.5 Å². The Kier molecular flexibility index (Phi) is 6.53. The van der Waals surface area contributed by atoms with Crippen LogP contribution in [-0.2, 0) is 24.8 Å². The molecule has 1 saturated heterocycles. The van der Waals surface area contributed by atoms with E-state index < -0.39 is 26.0 Å². The van der Waals surface area contributed by atoms with E-state index in [1.807, 2.05) is 36.4 Å². The molecule has 33 heavy (non-hydrogen) atoms. The maximum atomic E-state index is 12.9. The topological polar surface area (TPSA) is 104 Å². The molecule has 174 valence electrons. The largest absolute Gasteiger partial charge is 0.324 e. The monoisotopic (exact) mass is 487 g/mol. The summed E-state index contributed by atoms with van der Waals surface area (Å²) in [6.07, 6.45) is 1.63. The van der Waals surface area contributed by atoms with Crippen LogP contribution < -0.4 is 5.32 Å². The van der Waals surface area contributed by atoms with Gasteiger partial charge in [-0.2, -0.15) is 8.61 Å². The molecule has 1 aliphatic rings. The third kappa shape index (κ3) is 4.79. The van der Waals surface area contributed by atoms with Gasteiger partial charge in [-0.25, -0.2) is 16.8 Å². The summed E-state index contributed by atoms with van der Waals surface area (Å²) in [6, 6.07) is 18.2. The molecule has 1 amide bonds. The second-order valence-electron chi connectivity index (χ2n) is 7.92. The first kappa shape index (κ1) is 23.4. The molecule has 0 saturated carbocycles. The fourth-order valence-electron chi connectivity index (χ4n) is 3.85. The number of anilines is 1. The van der Waals surface area contributed by atoms with Gasteiger partial charge in [0, 0.05) is 31.2 Å². The van der Waals surface area contributed by atoms with Gasteiger partial charge in [0.05, 0.1) is 16.3 Å². The van der Waals surface area contributed by atoms with Crippen LogP contribution in [0.3, 0.4) is 0 Å². The lowest BCUT2D eigenvalue weighted by atomic mass is 10.1. The molecular weight excluding hydrogens is 462 g/mol. The minimum absolute atomic E-state index is 0.0553. The van der Waals surface area contributed by atoms with Gasteiger partial charge in [-0.05, 0) is 48.6 Å². The smallest absolute Gasteiger partial charge is 0.243 e. The molecule has 0 spiro atoms. The Morgan fingerprint density at radius 3 is 2.18 bits per heavy atom. The van der Waals surface area contributed by atoms with Gasteiger partial charge in [0.2, 0.25) is 26.0 Å². The van der Waals surface area contributed by atoms with Gasteiger partial charge in [0.15, 0.2) is 0 Å². The molecule has 1 fully saturated rings. The van der Waals surface area contributed by atoms with Crippen LogP contribution in [0.25, 0.3) is 10.8 Å². The Balaban J connectivity index is 1.47. The number of fused-ring (bicyclic) bond motifs is 1. The standard InChI is InChI=1S/C23H25N3O5S2/c1-25(17-23(27)24-22-10-6-8-18-7-2-3-9-21(18)22)32(28,29)19-11-13-20(14-12-19)33(30,31)26-15-4-5-16-26/h2-3,6-14H,4-5,15-17H2,1H3,(H,24,27). The summed E-state index contributed by atoms with van der Waals surface area (Å²) in [5.74, 6) is -0.481. The molecule has 0 bridgehead atoms. The lowest BCUT2D eigenvalue weighted by Crippen LogP contribution is -2.35. The zero-order chi connectivity index (χ0) is 23.6. The summed E-state index contributed by atoms with van der Waals surface area (Å²) < 4.78 is 53.5. The van der Waals surface area contributed by atoms with Crippen molar-refractivity contribution < 1.29 is 21.6 Å². The normalized spacial score (nSPS) is 15.2. The number of nitrogens with zero attached hydrogens (tertiary/aromatic N) is 2. The third-order valence-electron chi connectivity index (χ3n) is 5.66. The van der Waals surface area contributed by atoms with Gasteiger partial charge >= 0.3 is 0 Å². The highest BCUT2D eigenvalue weighted by atomic mass is 32.2. The number of nitrogens with one attached hydrogen (secondary N) is 1. The van der Waals surface area contributed by atoms with Crippen LogP contribution in [0, 0.1) is 0 Å². The SMILES string of the molecule is CN(CC(=O)Nc1cccc2ccccc12)S(=O)(=O)c1ccc(S(=O)(=O)N2CCCC2)cc1. The average molecular weight is 488 g/mol. The Bertz CT molecular complexity index is 1380. The minimum atomic E-state index is -3.99. The molecular formula is C23H25N3O5S2. The number of sulfonamides is 2. The number of rotatable bonds is 7. The molecule has 0 unspecified atom stereocenters. The zero-order valence-corrected chi connectivity index (χ0v) is 19.8. The summed E-state index contributed by atoms with van der Waals surface area (Å²) in [6.45, 7) is 0.549. The third-order valence-corrected chi connectivity index (χ3v) is 9.40. The van der Waals surface area contributed by atoms with E-state index in [0.717, 1.165) is 27.9 Å². The summed E-state index contributed by atoms with van der Waals surface area (Å²) in [5, 5.41) is 4.58. The van der Waals surface area contributed by atoms with Gasteiger partial charge in [0.1, 0.15) is 0 Å². The molecule has 1 N–H and O–H groups in total. The van der Waals surface area contributed by atoms with Gasteiger partial charge in [-0.3, -0.25) is 4.79 Å². The van der Waals surface area contributed by atoms with E-state index in [2.05, 4.69) is 5.32 Å². The summed E-state index contributed by atoms with van der Waals surface area (Å²) >= 11 is 0. The summed E-state index contributed by atoms with van der Waals surface area (Å²) in [4.78, 5) is 12.6. The quantitative estimate of drug-likeness (QED) is 0.552. The maximum absolute atomic E-state index is 12.9. The fraction of sp³-hybridized carbons (Fsp3) is 0.261. The molecule has 3 aromatic rings. The van der Waals surface area contributed by atoms with E-state index in [-0.39, 0.29) is 16.3 Å². The molecule has 0 radical (unpaired) electrons. The zero-order valence-electron chi connectivity index (χ0n) is 18.1. The van der Waals surface area contributed by atoms with Crippen molar-refractivity contribution in [2.45, 2.75) is 22.6 Å². The van der Waals surface area contributed by atoms with Gasteiger partial charge in [-0.15, -0.1) is 0 Å². The first-order valence-corrected chi connectivity index (χ1v) is 13.4. The van der Waals surface area contributed by atoms with Crippen LogP contribution in [-0.4, -0.2) is 58.0 Å². The molecule has 0 atom stereocenters. The number of carbonyl (C=O) groups excluding carboxylic acids is 1. The number of hydrogen-bond acceptors (Lipinski definition) is 5. The Morgan fingerprint density at radius 2 is 1.48 bits per heavy atom. The van der Waals surface area contributed by atoms with E-state index >= 15 is 0 Å². The van der Waals surface area contributed by atoms with Crippen molar-refractivity contribution >= 4 is 42.4 Å². The second kappa shape index (κ2) is 9.22. The molecule has 8 nitrogen and oxygen atoms in total. The Labute approximate surface area is 193 Å². The lowest BCUT2D eigenvalue weighted by molar-refractivity contribution is -0.116. The van der Waals surface area contributed by atoms with Crippen molar-refractivity contribution in [3.05, 3.63) is 66.7 Å². The first-order valence-electron chi connectivity index (χ1n) is 10.5. The summed E-state index contributed by atoms with van der Waals surface area (Å²) in [7, 11) is -6.31. The van der Waals surface area contributed by atoms with Gasteiger partial charge in [0.25, 0.3) is 0 Å². The number of amides is 1. The predicted octanol–water partition coefficient (Wildman–Crippen LogP) is 2.88. The van der Waals surface area contributed by atoms with Crippen LogP contribution in [0.4, 0.5) is 5.69 Å². The Morgan fingerprint density at radius 1 is 0.879 bits per heavy atom. The van der Waals surface area contributed by atoms with E-state index in [1.54, 1.807) is 6.07 Å². The van der Waals surface area contributed by atoms with E-state index in [0.29, 0.717) is 18.8 Å². The number of hydrogen-bond donors (Lipinski definition) is 1. The van der Waals surface area contributed by atoms with Crippen molar-refractivity contribution in [1.82, 2.24) is 8.61 Å². The van der Waals surface area contributed by atoms with Crippen molar-refractivity contribution in [2.24, 2.45) is 0 Å². The highest BCUT2D eigenvalue weighted by molar-refractivity contribution is 7.89. The predicted molar refractivity (Wildman–Crippen MR) is 127 cm³/mol. The molecule has 0 aromatic heterocycles. The van der Waals surface area contributed by atoms with E-state index in [4.69, 9.17) is 0 Å². The van der Waals surface area contributed by atoms with Crippen molar-refractivity contribution in [1.29, 1.82) is 0 Å². The van der Waals surface area contributed by atoms with E-state index in [9.17, 15) is 21.6 Å². The molecule has 0 aliphatic carbocycles.